The zero-order valence-corrected chi connectivity index (χ0v) is 11.2. The number of hydrogen-bond acceptors (Lipinski definition) is 2. The minimum atomic E-state index is 0.695. The summed E-state index contributed by atoms with van der Waals surface area (Å²) in [6.45, 7) is 3.03. The molecule has 1 nitrogen and oxygen atoms in total. The van der Waals surface area contributed by atoms with Gasteiger partial charge >= 0.3 is 0 Å². The molecule has 88 valence electrons. The van der Waals surface area contributed by atoms with E-state index in [1.54, 1.807) is 0 Å². The van der Waals surface area contributed by atoms with E-state index in [0.29, 0.717) is 6.04 Å². The molecule has 0 amide bonds. The maximum atomic E-state index is 6.04. The molecule has 1 aromatic carbocycles. The highest BCUT2D eigenvalue weighted by Crippen LogP contribution is 2.18. The van der Waals surface area contributed by atoms with Crippen LogP contribution in [-0.2, 0) is 6.54 Å². The first-order chi connectivity index (χ1) is 7.74. The molecule has 1 aliphatic rings. The minimum Gasteiger partial charge on any atom is -0.310 e. The van der Waals surface area contributed by atoms with E-state index < -0.39 is 0 Å². The number of thioether (sulfide) groups is 1. The van der Waals surface area contributed by atoms with E-state index in [2.05, 4.69) is 36.1 Å². The molecule has 0 aromatic heterocycles. The fourth-order valence-corrected chi connectivity index (χ4v) is 3.50. The van der Waals surface area contributed by atoms with Gasteiger partial charge in [0.05, 0.1) is 0 Å². The number of rotatable bonds is 3. The van der Waals surface area contributed by atoms with Gasteiger partial charge in [-0.25, -0.2) is 0 Å². The first kappa shape index (κ1) is 12.3. The van der Waals surface area contributed by atoms with E-state index in [1.165, 1.54) is 35.5 Å². The first-order valence-electron chi connectivity index (χ1n) is 5.81. The summed E-state index contributed by atoms with van der Waals surface area (Å²) in [5.74, 6) is 2.60. The van der Waals surface area contributed by atoms with Gasteiger partial charge in [0.1, 0.15) is 0 Å². The Morgan fingerprint density at radius 3 is 2.75 bits per heavy atom. The largest absolute Gasteiger partial charge is 0.310 e. The summed E-state index contributed by atoms with van der Waals surface area (Å²) in [6, 6.07) is 6.96. The standard InChI is InChI=1S/C13H18ClNS/c1-10-6-11(8-12(14)7-10)9-15-13-2-4-16-5-3-13/h6-8,13,15H,2-5,9H2,1H3. The molecule has 3 heteroatoms. The molecule has 1 saturated heterocycles. The van der Waals surface area contributed by atoms with E-state index in [4.69, 9.17) is 11.6 Å². The number of hydrogen-bond donors (Lipinski definition) is 1. The Balaban J connectivity index is 1.88. The number of nitrogens with one attached hydrogen (secondary N) is 1. The van der Waals surface area contributed by atoms with Crippen molar-refractivity contribution >= 4 is 23.4 Å². The monoisotopic (exact) mass is 255 g/mol. The SMILES string of the molecule is Cc1cc(Cl)cc(CNC2CCSCC2)c1. The van der Waals surface area contributed by atoms with E-state index >= 15 is 0 Å². The summed E-state index contributed by atoms with van der Waals surface area (Å²) in [6.07, 6.45) is 2.59. The lowest BCUT2D eigenvalue weighted by atomic mass is 10.1. The highest BCUT2D eigenvalue weighted by atomic mass is 35.5. The minimum absolute atomic E-state index is 0.695. The molecule has 16 heavy (non-hydrogen) atoms. The van der Waals surface area contributed by atoms with Gasteiger partial charge in [-0.2, -0.15) is 11.8 Å². The molecule has 1 aromatic rings. The topological polar surface area (TPSA) is 12.0 Å². The van der Waals surface area contributed by atoms with Crippen LogP contribution in [0.4, 0.5) is 0 Å². The summed E-state index contributed by atoms with van der Waals surface area (Å²) in [7, 11) is 0. The predicted octanol–water partition coefficient (Wildman–Crippen LogP) is 3.63. The lowest BCUT2D eigenvalue weighted by Crippen LogP contribution is -2.32. The zero-order chi connectivity index (χ0) is 11.4. The van der Waals surface area contributed by atoms with Crippen LogP contribution in [0.3, 0.4) is 0 Å². The molecule has 0 saturated carbocycles. The molecule has 1 aliphatic heterocycles. The van der Waals surface area contributed by atoms with Crippen molar-refractivity contribution < 1.29 is 0 Å². The van der Waals surface area contributed by atoms with Crippen molar-refractivity contribution in [3.05, 3.63) is 34.3 Å². The van der Waals surface area contributed by atoms with E-state index in [9.17, 15) is 0 Å². The van der Waals surface area contributed by atoms with Crippen LogP contribution in [-0.4, -0.2) is 17.5 Å². The maximum absolute atomic E-state index is 6.04. The van der Waals surface area contributed by atoms with Gasteiger partial charge in [0.15, 0.2) is 0 Å². The molecule has 1 fully saturated rings. The van der Waals surface area contributed by atoms with Gasteiger partial charge in [-0.15, -0.1) is 0 Å². The van der Waals surface area contributed by atoms with Crippen LogP contribution >= 0.6 is 23.4 Å². The normalized spacial score (nSPS) is 17.6. The van der Waals surface area contributed by atoms with Crippen LogP contribution in [0.5, 0.6) is 0 Å². The Morgan fingerprint density at radius 2 is 2.06 bits per heavy atom. The molecular formula is C13H18ClNS. The third-order valence-electron chi connectivity index (χ3n) is 2.92. The summed E-state index contributed by atoms with van der Waals surface area (Å²) >= 11 is 8.10. The predicted molar refractivity (Wildman–Crippen MR) is 73.4 cm³/mol. The summed E-state index contributed by atoms with van der Waals surface area (Å²) in [5.41, 5.74) is 2.53. The molecule has 2 rings (SSSR count). The quantitative estimate of drug-likeness (QED) is 0.885. The van der Waals surface area contributed by atoms with Crippen molar-refractivity contribution in [2.75, 3.05) is 11.5 Å². The Labute approximate surface area is 107 Å². The third-order valence-corrected chi connectivity index (χ3v) is 4.19. The average Bonchev–Trinajstić information content (AvgIpc) is 2.27. The zero-order valence-electron chi connectivity index (χ0n) is 9.63. The molecule has 0 radical (unpaired) electrons. The van der Waals surface area contributed by atoms with Gasteiger partial charge in [-0.1, -0.05) is 17.7 Å². The van der Waals surface area contributed by atoms with E-state index in [1.807, 2.05) is 6.07 Å². The van der Waals surface area contributed by atoms with Crippen molar-refractivity contribution in [1.82, 2.24) is 5.32 Å². The molecule has 0 bridgehead atoms. The fraction of sp³-hybridized carbons (Fsp3) is 0.538. The Kier molecular flexibility index (Phi) is 4.56. The Morgan fingerprint density at radius 1 is 1.31 bits per heavy atom. The van der Waals surface area contributed by atoms with Gasteiger partial charge in [-0.05, 0) is 54.5 Å². The second kappa shape index (κ2) is 5.95. The average molecular weight is 256 g/mol. The molecule has 0 spiro atoms. The number of benzene rings is 1. The highest BCUT2D eigenvalue weighted by Gasteiger charge is 2.12. The van der Waals surface area contributed by atoms with Crippen molar-refractivity contribution in [3.63, 3.8) is 0 Å². The van der Waals surface area contributed by atoms with E-state index in [-0.39, 0.29) is 0 Å². The number of halogens is 1. The van der Waals surface area contributed by atoms with Gasteiger partial charge < -0.3 is 5.32 Å². The first-order valence-corrected chi connectivity index (χ1v) is 7.34. The van der Waals surface area contributed by atoms with Crippen LogP contribution in [0.2, 0.25) is 5.02 Å². The molecule has 1 N–H and O–H groups in total. The smallest absolute Gasteiger partial charge is 0.0411 e. The lowest BCUT2D eigenvalue weighted by molar-refractivity contribution is 0.482. The fourth-order valence-electron chi connectivity index (χ4n) is 2.08. The van der Waals surface area contributed by atoms with Gasteiger partial charge in [0.2, 0.25) is 0 Å². The van der Waals surface area contributed by atoms with Crippen molar-refractivity contribution in [2.45, 2.75) is 32.4 Å². The van der Waals surface area contributed by atoms with Gasteiger partial charge in [0.25, 0.3) is 0 Å². The van der Waals surface area contributed by atoms with Crippen molar-refractivity contribution in [1.29, 1.82) is 0 Å². The maximum Gasteiger partial charge on any atom is 0.0411 e. The Bertz CT molecular complexity index is 328. The summed E-state index contributed by atoms with van der Waals surface area (Å²) in [4.78, 5) is 0. The van der Waals surface area contributed by atoms with Crippen LogP contribution in [0.15, 0.2) is 18.2 Å². The molecule has 0 unspecified atom stereocenters. The van der Waals surface area contributed by atoms with Gasteiger partial charge in [-0.3, -0.25) is 0 Å². The van der Waals surface area contributed by atoms with Crippen LogP contribution in [0.25, 0.3) is 0 Å². The molecule has 0 aliphatic carbocycles. The molecule has 0 atom stereocenters. The van der Waals surface area contributed by atoms with Crippen molar-refractivity contribution in [2.24, 2.45) is 0 Å². The molecule has 1 heterocycles. The molecular weight excluding hydrogens is 238 g/mol. The summed E-state index contributed by atoms with van der Waals surface area (Å²) in [5, 5.41) is 4.46. The third kappa shape index (κ3) is 3.69. The van der Waals surface area contributed by atoms with Crippen LogP contribution < -0.4 is 5.32 Å². The van der Waals surface area contributed by atoms with Gasteiger partial charge in [0, 0.05) is 17.6 Å². The second-order valence-electron chi connectivity index (χ2n) is 4.40. The second-order valence-corrected chi connectivity index (χ2v) is 6.07. The number of aryl methyl sites for hydroxylation is 1. The highest BCUT2D eigenvalue weighted by molar-refractivity contribution is 7.99. The van der Waals surface area contributed by atoms with E-state index in [0.717, 1.165) is 11.6 Å². The van der Waals surface area contributed by atoms with Crippen LogP contribution in [0.1, 0.15) is 24.0 Å². The Hall–Kier alpha value is -0.180. The van der Waals surface area contributed by atoms with Crippen LogP contribution in [0, 0.1) is 6.92 Å². The summed E-state index contributed by atoms with van der Waals surface area (Å²) < 4.78 is 0. The lowest BCUT2D eigenvalue weighted by Gasteiger charge is -2.22. The van der Waals surface area contributed by atoms with Crippen molar-refractivity contribution in [3.8, 4) is 0 Å².